The highest BCUT2D eigenvalue weighted by molar-refractivity contribution is 6.18. The molecule has 0 aromatic rings. The first-order valence-electron chi connectivity index (χ1n) is 4.37. The molecule has 0 atom stereocenters. The van der Waals surface area contributed by atoms with Gasteiger partial charge in [-0.1, -0.05) is 0 Å². The smallest absolute Gasteiger partial charge is 0.347 e. The number of carbonyl (C=O) groups is 3. The Morgan fingerprint density at radius 1 is 1.38 bits per heavy atom. The van der Waals surface area contributed by atoms with Gasteiger partial charge in [-0.2, -0.15) is 0 Å². The van der Waals surface area contributed by atoms with Gasteiger partial charge < -0.3 is 19.5 Å². The van der Waals surface area contributed by atoms with Crippen molar-refractivity contribution in [1.29, 1.82) is 0 Å². The molecule has 1 N–H and O–H groups in total. The van der Waals surface area contributed by atoms with E-state index in [-0.39, 0.29) is 13.1 Å². The van der Waals surface area contributed by atoms with Gasteiger partial charge in [0.15, 0.2) is 5.57 Å². The third-order valence-corrected chi connectivity index (χ3v) is 2.07. The van der Waals surface area contributed by atoms with Gasteiger partial charge in [-0.3, -0.25) is 9.59 Å². The van der Waals surface area contributed by atoms with Gasteiger partial charge in [0.2, 0.25) is 0 Å². The maximum Gasteiger partial charge on any atom is 0.347 e. The van der Waals surface area contributed by atoms with Crippen molar-refractivity contribution in [3.8, 4) is 0 Å². The molecular weight excluding hydrogens is 218 g/mol. The Bertz CT molecular complexity index is 372. The van der Waals surface area contributed by atoms with Crippen molar-refractivity contribution in [2.24, 2.45) is 0 Å². The second-order valence-electron chi connectivity index (χ2n) is 3.05. The monoisotopic (exact) mass is 229 g/mol. The summed E-state index contributed by atoms with van der Waals surface area (Å²) >= 11 is 0. The summed E-state index contributed by atoms with van der Waals surface area (Å²) < 4.78 is 8.70. The molecule has 0 aliphatic carbocycles. The van der Waals surface area contributed by atoms with E-state index in [1.165, 1.54) is 7.11 Å². The minimum atomic E-state index is -0.921. The van der Waals surface area contributed by atoms with Crippen LogP contribution in [0.25, 0.3) is 0 Å². The van der Waals surface area contributed by atoms with Crippen LogP contribution >= 0.6 is 0 Å². The Balaban J connectivity index is 2.78. The number of hydrogen-bond acceptors (Lipinski definition) is 6. The van der Waals surface area contributed by atoms with E-state index >= 15 is 0 Å². The number of carbonyl (C=O) groups excluding carboxylic acids is 3. The zero-order valence-corrected chi connectivity index (χ0v) is 8.85. The van der Waals surface area contributed by atoms with Gasteiger partial charge in [-0.05, 0) is 0 Å². The quantitative estimate of drug-likeness (QED) is 0.492. The van der Waals surface area contributed by atoms with Crippen LogP contribution in [-0.4, -0.2) is 55.2 Å². The first-order valence-corrected chi connectivity index (χ1v) is 4.37. The van der Waals surface area contributed by atoms with Crippen LogP contribution in [0.1, 0.15) is 0 Å². The van der Waals surface area contributed by atoms with Gasteiger partial charge in [0, 0.05) is 0 Å². The molecule has 0 bridgehead atoms. The Morgan fingerprint density at radius 2 is 2.00 bits per heavy atom. The topological polar surface area (TPSA) is 93.1 Å². The predicted octanol–water partition coefficient (Wildman–Crippen LogP) is -1.01. The largest absolute Gasteiger partial charge is 0.509 e. The minimum Gasteiger partial charge on any atom is -0.509 e. The van der Waals surface area contributed by atoms with E-state index in [2.05, 4.69) is 9.47 Å². The van der Waals surface area contributed by atoms with Crippen molar-refractivity contribution in [2.45, 2.75) is 0 Å². The molecule has 1 rings (SSSR count). The average Bonchev–Trinajstić information content (AvgIpc) is 2.53. The number of aliphatic hydroxyl groups is 1. The molecule has 16 heavy (non-hydrogen) atoms. The van der Waals surface area contributed by atoms with Crippen molar-refractivity contribution >= 4 is 17.8 Å². The number of nitrogens with zero attached hydrogens (tertiary/aromatic N) is 1. The predicted molar refractivity (Wildman–Crippen MR) is 50.3 cm³/mol. The van der Waals surface area contributed by atoms with Crippen LogP contribution in [0, 0.1) is 0 Å². The van der Waals surface area contributed by atoms with E-state index in [4.69, 9.17) is 0 Å². The van der Waals surface area contributed by atoms with Crippen LogP contribution < -0.4 is 0 Å². The Kier molecular flexibility index (Phi) is 3.49. The van der Waals surface area contributed by atoms with Crippen LogP contribution in [0.15, 0.2) is 11.3 Å². The molecule has 0 saturated heterocycles. The summed E-state index contributed by atoms with van der Waals surface area (Å²) in [6, 6.07) is 0. The van der Waals surface area contributed by atoms with E-state index in [1.54, 1.807) is 0 Å². The van der Waals surface area contributed by atoms with E-state index in [9.17, 15) is 19.5 Å². The average molecular weight is 229 g/mol. The lowest BCUT2D eigenvalue weighted by atomic mass is 10.2. The number of esters is 2. The van der Waals surface area contributed by atoms with E-state index < -0.39 is 29.2 Å². The molecule has 0 radical (unpaired) electrons. The number of aliphatic hydroxyl groups excluding tert-OH is 1. The molecule has 1 heterocycles. The molecule has 0 aromatic heterocycles. The van der Waals surface area contributed by atoms with Crippen LogP contribution in [0.4, 0.5) is 0 Å². The Hall–Kier alpha value is -2.05. The van der Waals surface area contributed by atoms with E-state index in [0.717, 1.165) is 12.0 Å². The fraction of sp³-hybridized carbons (Fsp3) is 0.444. The summed E-state index contributed by atoms with van der Waals surface area (Å²) in [6.45, 7) is -0.516. The molecule has 88 valence electrons. The molecular formula is C9H11NO6. The molecule has 0 saturated carbocycles. The fourth-order valence-electron chi connectivity index (χ4n) is 1.27. The van der Waals surface area contributed by atoms with Crippen molar-refractivity contribution in [3.63, 3.8) is 0 Å². The summed E-state index contributed by atoms with van der Waals surface area (Å²) in [6.07, 6.45) is 0. The number of hydrogen-bond donors (Lipinski definition) is 1. The third-order valence-electron chi connectivity index (χ3n) is 2.07. The van der Waals surface area contributed by atoms with Gasteiger partial charge in [0.05, 0.1) is 20.8 Å². The summed E-state index contributed by atoms with van der Waals surface area (Å²) in [5, 5.41) is 9.38. The third kappa shape index (κ3) is 2.13. The molecule has 7 nitrogen and oxygen atoms in total. The van der Waals surface area contributed by atoms with Crippen LogP contribution in [0.5, 0.6) is 0 Å². The number of methoxy groups -OCH3 is 2. The second-order valence-corrected chi connectivity index (χ2v) is 3.05. The van der Waals surface area contributed by atoms with Crippen LogP contribution in [0.3, 0.4) is 0 Å². The van der Waals surface area contributed by atoms with Gasteiger partial charge >= 0.3 is 11.9 Å². The molecule has 1 aliphatic heterocycles. The Labute approximate surface area is 91.2 Å². The maximum absolute atomic E-state index is 11.6. The maximum atomic E-state index is 11.6. The van der Waals surface area contributed by atoms with E-state index in [0.29, 0.717) is 0 Å². The minimum absolute atomic E-state index is 0.196. The van der Waals surface area contributed by atoms with Crippen LogP contribution in [-0.2, 0) is 23.9 Å². The van der Waals surface area contributed by atoms with Gasteiger partial charge in [0.1, 0.15) is 12.3 Å². The zero-order chi connectivity index (χ0) is 12.3. The van der Waals surface area contributed by atoms with Crippen LogP contribution in [0.2, 0.25) is 0 Å². The molecule has 0 fully saturated rings. The van der Waals surface area contributed by atoms with E-state index in [1.807, 2.05) is 0 Å². The molecule has 0 unspecified atom stereocenters. The lowest BCUT2D eigenvalue weighted by Crippen LogP contribution is -2.34. The summed E-state index contributed by atoms with van der Waals surface area (Å²) in [4.78, 5) is 34.6. The highest BCUT2D eigenvalue weighted by Gasteiger charge is 2.36. The second kappa shape index (κ2) is 4.65. The highest BCUT2D eigenvalue weighted by Crippen LogP contribution is 2.17. The Morgan fingerprint density at radius 3 is 2.50 bits per heavy atom. The molecule has 1 aliphatic rings. The van der Waals surface area contributed by atoms with Crippen molar-refractivity contribution in [1.82, 2.24) is 4.90 Å². The van der Waals surface area contributed by atoms with Gasteiger partial charge in [0.25, 0.3) is 5.91 Å². The highest BCUT2D eigenvalue weighted by atomic mass is 16.5. The molecule has 7 heteroatoms. The summed E-state index contributed by atoms with van der Waals surface area (Å²) in [5.41, 5.74) is -0.439. The number of rotatable bonds is 3. The van der Waals surface area contributed by atoms with Crippen molar-refractivity contribution < 1.29 is 29.0 Å². The lowest BCUT2D eigenvalue weighted by Gasteiger charge is -2.13. The normalized spacial score (nSPS) is 15.4. The molecule has 1 amide bonds. The van der Waals surface area contributed by atoms with Crippen molar-refractivity contribution in [2.75, 3.05) is 27.3 Å². The van der Waals surface area contributed by atoms with Crippen molar-refractivity contribution in [3.05, 3.63) is 11.3 Å². The zero-order valence-electron chi connectivity index (χ0n) is 8.85. The molecule has 0 spiro atoms. The first kappa shape index (κ1) is 12.0. The first-order chi connectivity index (χ1) is 7.51. The lowest BCUT2D eigenvalue weighted by molar-refractivity contribution is -0.146. The SMILES string of the molecule is COC(=O)CN1CC(O)=C(C(=O)OC)C1=O. The van der Waals surface area contributed by atoms with Gasteiger partial charge in [-0.15, -0.1) is 0 Å². The fourth-order valence-corrected chi connectivity index (χ4v) is 1.27. The number of amides is 1. The number of ether oxygens (including phenoxy) is 2. The molecule has 0 aromatic carbocycles. The summed E-state index contributed by atoms with van der Waals surface area (Å²) in [7, 11) is 2.27. The van der Waals surface area contributed by atoms with Gasteiger partial charge in [-0.25, -0.2) is 4.79 Å². The summed E-state index contributed by atoms with van der Waals surface area (Å²) in [5.74, 6) is -2.70. The standard InChI is InChI=1S/C9H11NO6/c1-15-6(12)4-10-3-5(11)7(8(10)13)9(14)16-2/h11H,3-4H2,1-2H3.